The number of phenols is 1. The molecule has 0 amide bonds. The highest BCUT2D eigenvalue weighted by molar-refractivity contribution is 5.27. The van der Waals surface area contributed by atoms with Gasteiger partial charge in [0.2, 0.25) is 0 Å². The number of rotatable bonds is 9. The number of aromatic hydroxyl groups is 1. The molecule has 1 aromatic rings. The van der Waals surface area contributed by atoms with E-state index >= 15 is 0 Å². The molecule has 19 heavy (non-hydrogen) atoms. The van der Waals surface area contributed by atoms with Crippen LogP contribution in [0.5, 0.6) is 5.75 Å². The summed E-state index contributed by atoms with van der Waals surface area (Å²) in [5, 5.41) is 12.8. The third-order valence-corrected chi connectivity index (χ3v) is 3.55. The highest BCUT2D eigenvalue weighted by Gasteiger charge is 2.03. The smallest absolute Gasteiger partial charge is 0.115 e. The molecular formula is C17H29NO. The van der Waals surface area contributed by atoms with Crippen molar-refractivity contribution < 1.29 is 5.11 Å². The fraction of sp³-hybridized carbons (Fsp3) is 0.647. The Hall–Kier alpha value is -1.02. The van der Waals surface area contributed by atoms with Crippen molar-refractivity contribution in [3.05, 3.63) is 29.8 Å². The van der Waals surface area contributed by atoms with Crippen LogP contribution in [0.1, 0.15) is 64.5 Å². The van der Waals surface area contributed by atoms with Crippen molar-refractivity contribution >= 4 is 0 Å². The zero-order valence-corrected chi connectivity index (χ0v) is 12.7. The van der Waals surface area contributed by atoms with E-state index in [4.69, 9.17) is 0 Å². The van der Waals surface area contributed by atoms with Crippen molar-refractivity contribution in [2.75, 3.05) is 6.54 Å². The van der Waals surface area contributed by atoms with Crippen LogP contribution in [0.2, 0.25) is 0 Å². The molecule has 2 heteroatoms. The summed E-state index contributed by atoms with van der Waals surface area (Å²) in [6.45, 7) is 7.83. The maximum absolute atomic E-state index is 9.25. The second-order valence-electron chi connectivity index (χ2n) is 5.86. The summed E-state index contributed by atoms with van der Waals surface area (Å²) in [7, 11) is 0. The molecule has 0 saturated heterocycles. The zero-order chi connectivity index (χ0) is 14.1. The highest BCUT2D eigenvalue weighted by Crippen LogP contribution is 2.16. The Morgan fingerprint density at radius 3 is 2.21 bits per heavy atom. The SMILES string of the molecule is CC(C)CCCCCCNC(C)c1ccc(O)cc1. The number of hydrogen-bond donors (Lipinski definition) is 2. The monoisotopic (exact) mass is 263 g/mol. The van der Waals surface area contributed by atoms with Crippen LogP contribution in [0.25, 0.3) is 0 Å². The van der Waals surface area contributed by atoms with Crippen LogP contribution in [0.3, 0.4) is 0 Å². The Balaban J connectivity index is 2.07. The molecule has 0 aliphatic heterocycles. The maximum atomic E-state index is 9.25. The molecule has 1 atom stereocenters. The third-order valence-electron chi connectivity index (χ3n) is 3.55. The summed E-state index contributed by atoms with van der Waals surface area (Å²) < 4.78 is 0. The van der Waals surface area contributed by atoms with E-state index in [1.807, 2.05) is 12.1 Å². The molecule has 2 nitrogen and oxygen atoms in total. The van der Waals surface area contributed by atoms with Crippen LogP contribution >= 0.6 is 0 Å². The van der Waals surface area contributed by atoms with E-state index in [0.717, 1.165) is 12.5 Å². The van der Waals surface area contributed by atoms with Crippen molar-refractivity contribution in [1.82, 2.24) is 5.32 Å². The van der Waals surface area contributed by atoms with E-state index in [1.54, 1.807) is 12.1 Å². The molecule has 0 heterocycles. The Kier molecular flexibility index (Phi) is 7.57. The molecule has 1 rings (SSSR count). The molecule has 0 spiro atoms. The van der Waals surface area contributed by atoms with Gasteiger partial charge in [-0.15, -0.1) is 0 Å². The van der Waals surface area contributed by atoms with Gasteiger partial charge in [-0.25, -0.2) is 0 Å². The van der Waals surface area contributed by atoms with Crippen LogP contribution < -0.4 is 5.32 Å². The molecule has 1 aromatic carbocycles. The van der Waals surface area contributed by atoms with Crippen molar-refractivity contribution in [3.8, 4) is 5.75 Å². The second kappa shape index (κ2) is 8.98. The molecule has 0 aliphatic rings. The summed E-state index contributed by atoms with van der Waals surface area (Å²) in [5.41, 5.74) is 1.23. The minimum absolute atomic E-state index is 0.334. The molecular weight excluding hydrogens is 234 g/mol. The van der Waals surface area contributed by atoms with E-state index in [0.29, 0.717) is 11.8 Å². The molecule has 108 valence electrons. The van der Waals surface area contributed by atoms with Gasteiger partial charge in [-0.05, 0) is 43.5 Å². The van der Waals surface area contributed by atoms with E-state index in [2.05, 4.69) is 26.1 Å². The predicted molar refractivity (Wildman–Crippen MR) is 82.4 cm³/mol. The second-order valence-corrected chi connectivity index (χ2v) is 5.86. The van der Waals surface area contributed by atoms with Crippen molar-refractivity contribution in [2.24, 2.45) is 5.92 Å². The van der Waals surface area contributed by atoms with Gasteiger partial charge in [0.05, 0.1) is 0 Å². The number of nitrogens with one attached hydrogen (secondary N) is 1. The van der Waals surface area contributed by atoms with Gasteiger partial charge in [-0.1, -0.05) is 51.7 Å². The van der Waals surface area contributed by atoms with E-state index in [9.17, 15) is 5.11 Å². The number of phenolic OH excluding ortho intramolecular Hbond substituents is 1. The summed E-state index contributed by atoms with van der Waals surface area (Å²) in [6, 6.07) is 7.82. The van der Waals surface area contributed by atoms with E-state index < -0.39 is 0 Å². The van der Waals surface area contributed by atoms with Gasteiger partial charge >= 0.3 is 0 Å². The van der Waals surface area contributed by atoms with Gasteiger partial charge in [-0.2, -0.15) is 0 Å². The average molecular weight is 263 g/mol. The van der Waals surface area contributed by atoms with Gasteiger partial charge in [0.1, 0.15) is 5.75 Å². The quantitative estimate of drug-likeness (QED) is 0.636. The Labute approximate surface area is 118 Å². The fourth-order valence-electron chi connectivity index (χ4n) is 2.23. The summed E-state index contributed by atoms with van der Waals surface area (Å²) >= 11 is 0. The van der Waals surface area contributed by atoms with Gasteiger partial charge < -0.3 is 10.4 Å². The number of unbranched alkanes of at least 4 members (excludes halogenated alkanes) is 3. The normalized spacial score (nSPS) is 12.8. The summed E-state index contributed by atoms with van der Waals surface area (Å²) in [5.74, 6) is 1.17. The van der Waals surface area contributed by atoms with Gasteiger partial charge in [0, 0.05) is 6.04 Å². The topological polar surface area (TPSA) is 32.3 Å². The Morgan fingerprint density at radius 2 is 1.58 bits per heavy atom. The standard InChI is InChI=1S/C17H29NO/c1-14(2)8-6-4-5-7-13-18-15(3)16-9-11-17(19)12-10-16/h9-12,14-15,18-19H,4-8,13H2,1-3H3. The summed E-state index contributed by atoms with van der Waals surface area (Å²) in [6.07, 6.45) is 6.65. The molecule has 0 bridgehead atoms. The molecule has 0 aliphatic carbocycles. The van der Waals surface area contributed by atoms with Crippen LogP contribution in [-0.2, 0) is 0 Å². The number of benzene rings is 1. The first-order chi connectivity index (χ1) is 9.09. The lowest BCUT2D eigenvalue weighted by Gasteiger charge is -2.14. The third kappa shape index (κ3) is 7.22. The van der Waals surface area contributed by atoms with Gasteiger partial charge in [-0.3, -0.25) is 0 Å². The first kappa shape index (κ1) is 16.0. The van der Waals surface area contributed by atoms with Crippen LogP contribution in [0.15, 0.2) is 24.3 Å². The van der Waals surface area contributed by atoms with Crippen molar-refractivity contribution in [3.63, 3.8) is 0 Å². The lowest BCUT2D eigenvalue weighted by Crippen LogP contribution is -2.19. The average Bonchev–Trinajstić information content (AvgIpc) is 2.38. The Bertz CT molecular complexity index is 332. The fourth-order valence-corrected chi connectivity index (χ4v) is 2.23. The minimum Gasteiger partial charge on any atom is -0.508 e. The van der Waals surface area contributed by atoms with Crippen molar-refractivity contribution in [2.45, 2.75) is 58.9 Å². The molecule has 0 radical (unpaired) electrons. The molecule has 1 unspecified atom stereocenters. The first-order valence-electron chi connectivity index (χ1n) is 7.62. The van der Waals surface area contributed by atoms with Gasteiger partial charge in [0.15, 0.2) is 0 Å². The Morgan fingerprint density at radius 1 is 0.947 bits per heavy atom. The summed E-state index contributed by atoms with van der Waals surface area (Å²) in [4.78, 5) is 0. The molecule has 2 N–H and O–H groups in total. The van der Waals surface area contributed by atoms with Gasteiger partial charge in [0.25, 0.3) is 0 Å². The lowest BCUT2D eigenvalue weighted by atomic mass is 10.0. The zero-order valence-electron chi connectivity index (χ0n) is 12.7. The minimum atomic E-state index is 0.334. The van der Waals surface area contributed by atoms with Crippen LogP contribution in [0.4, 0.5) is 0 Å². The predicted octanol–water partition coefficient (Wildman–Crippen LogP) is 4.65. The van der Waals surface area contributed by atoms with E-state index in [1.165, 1.54) is 37.7 Å². The van der Waals surface area contributed by atoms with Crippen LogP contribution in [0, 0.1) is 5.92 Å². The first-order valence-corrected chi connectivity index (χ1v) is 7.62. The number of hydrogen-bond acceptors (Lipinski definition) is 2. The maximum Gasteiger partial charge on any atom is 0.115 e. The molecule has 0 aromatic heterocycles. The van der Waals surface area contributed by atoms with Crippen molar-refractivity contribution in [1.29, 1.82) is 0 Å². The van der Waals surface area contributed by atoms with Crippen LogP contribution in [-0.4, -0.2) is 11.7 Å². The largest absolute Gasteiger partial charge is 0.508 e. The lowest BCUT2D eigenvalue weighted by molar-refractivity contribution is 0.474. The molecule has 0 saturated carbocycles. The highest BCUT2D eigenvalue weighted by atomic mass is 16.3. The molecule has 0 fully saturated rings. The van der Waals surface area contributed by atoms with E-state index in [-0.39, 0.29) is 0 Å².